The fourth-order valence-corrected chi connectivity index (χ4v) is 1.69. The SMILES string of the molecule is CC(=O)c1ccc(Cl)c(C(F)(F)F)c1C(F)F. The van der Waals surface area contributed by atoms with E-state index in [1.54, 1.807) is 0 Å². The third-order valence-electron chi connectivity index (χ3n) is 2.08. The molecule has 0 amide bonds. The molecule has 0 spiro atoms. The van der Waals surface area contributed by atoms with Gasteiger partial charge in [-0.2, -0.15) is 13.2 Å². The van der Waals surface area contributed by atoms with Crippen LogP contribution in [0.25, 0.3) is 0 Å². The molecule has 1 aromatic carbocycles. The Kier molecular flexibility index (Phi) is 3.76. The molecule has 94 valence electrons. The number of Topliss-reactive ketones (excluding diaryl/α,β-unsaturated/α-hetero) is 1. The zero-order valence-corrected chi connectivity index (χ0v) is 9.16. The summed E-state index contributed by atoms with van der Waals surface area (Å²) < 4.78 is 63.0. The van der Waals surface area contributed by atoms with Crippen molar-refractivity contribution in [1.29, 1.82) is 0 Å². The average Bonchev–Trinajstić information content (AvgIpc) is 2.14. The van der Waals surface area contributed by atoms with E-state index in [2.05, 4.69) is 0 Å². The Morgan fingerprint density at radius 1 is 1.29 bits per heavy atom. The predicted molar refractivity (Wildman–Crippen MR) is 51.4 cm³/mol. The van der Waals surface area contributed by atoms with Gasteiger partial charge >= 0.3 is 6.18 Å². The molecule has 1 rings (SSSR count). The van der Waals surface area contributed by atoms with Crippen molar-refractivity contribution >= 4 is 17.4 Å². The lowest BCUT2D eigenvalue weighted by molar-refractivity contribution is -0.139. The first kappa shape index (κ1) is 13.9. The van der Waals surface area contributed by atoms with Crippen molar-refractivity contribution in [3.05, 3.63) is 33.8 Å². The van der Waals surface area contributed by atoms with E-state index in [0.717, 1.165) is 19.1 Å². The van der Waals surface area contributed by atoms with Crippen molar-refractivity contribution in [2.75, 3.05) is 0 Å². The summed E-state index contributed by atoms with van der Waals surface area (Å²) in [6, 6.07) is 1.65. The van der Waals surface area contributed by atoms with Gasteiger partial charge in [0.2, 0.25) is 0 Å². The number of ketones is 1. The smallest absolute Gasteiger partial charge is 0.294 e. The van der Waals surface area contributed by atoms with Crippen LogP contribution in [0.2, 0.25) is 5.02 Å². The minimum Gasteiger partial charge on any atom is -0.294 e. The van der Waals surface area contributed by atoms with Crippen molar-refractivity contribution in [3.63, 3.8) is 0 Å². The summed E-state index contributed by atoms with van der Waals surface area (Å²) in [6.07, 6.45) is -8.46. The van der Waals surface area contributed by atoms with Crippen LogP contribution in [0.15, 0.2) is 12.1 Å². The molecule has 1 nitrogen and oxygen atoms in total. The number of halogens is 6. The Hall–Kier alpha value is -1.17. The monoisotopic (exact) mass is 272 g/mol. The van der Waals surface area contributed by atoms with Gasteiger partial charge in [0.15, 0.2) is 5.78 Å². The van der Waals surface area contributed by atoms with E-state index < -0.39 is 40.1 Å². The maximum absolute atomic E-state index is 12.6. The molecule has 0 bridgehead atoms. The highest BCUT2D eigenvalue weighted by Crippen LogP contribution is 2.42. The summed E-state index contributed by atoms with van der Waals surface area (Å²) in [5, 5.41) is -0.849. The molecule has 0 heterocycles. The standard InChI is InChI=1S/C10H6ClF5O/c1-4(17)5-2-3-6(11)8(10(14,15)16)7(5)9(12)13/h2-3,9H,1H3. The van der Waals surface area contributed by atoms with Gasteiger partial charge in [0, 0.05) is 11.1 Å². The van der Waals surface area contributed by atoms with Gasteiger partial charge in [-0.15, -0.1) is 0 Å². The molecule has 1 aromatic rings. The van der Waals surface area contributed by atoms with Crippen LogP contribution in [-0.2, 0) is 6.18 Å². The first-order chi connectivity index (χ1) is 7.66. The molecular weight excluding hydrogens is 267 g/mol. The third-order valence-corrected chi connectivity index (χ3v) is 2.39. The van der Waals surface area contributed by atoms with E-state index >= 15 is 0 Å². The predicted octanol–water partition coefficient (Wildman–Crippen LogP) is 4.50. The third kappa shape index (κ3) is 2.74. The Morgan fingerprint density at radius 3 is 2.18 bits per heavy atom. The lowest BCUT2D eigenvalue weighted by Gasteiger charge is -2.16. The molecule has 17 heavy (non-hydrogen) atoms. The van der Waals surface area contributed by atoms with Gasteiger partial charge in [0.1, 0.15) is 0 Å². The Labute approximate surface area is 98.2 Å². The Morgan fingerprint density at radius 2 is 1.82 bits per heavy atom. The molecule has 0 aliphatic heterocycles. The first-order valence-electron chi connectivity index (χ1n) is 4.35. The van der Waals surface area contributed by atoms with Crippen LogP contribution in [0.5, 0.6) is 0 Å². The zero-order chi connectivity index (χ0) is 13.4. The largest absolute Gasteiger partial charge is 0.418 e. The molecule has 0 unspecified atom stereocenters. The quantitative estimate of drug-likeness (QED) is 0.572. The molecule has 0 radical (unpaired) electrons. The van der Waals surface area contributed by atoms with Crippen molar-refractivity contribution in [2.45, 2.75) is 19.5 Å². The lowest BCUT2D eigenvalue weighted by Crippen LogP contribution is -2.14. The summed E-state index contributed by atoms with van der Waals surface area (Å²) in [7, 11) is 0. The van der Waals surface area contributed by atoms with Crippen LogP contribution in [0.1, 0.15) is 34.8 Å². The molecule has 0 aliphatic carbocycles. The van der Waals surface area contributed by atoms with Gasteiger partial charge in [0.25, 0.3) is 6.43 Å². The van der Waals surface area contributed by atoms with E-state index in [1.165, 1.54) is 0 Å². The number of alkyl halides is 5. The van der Waals surface area contributed by atoms with E-state index in [4.69, 9.17) is 11.6 Å². The molecule has 0 aliphatic rings. The van der Waals surface area contributed by atoms with E-state index in [0.29, 0.717) is 0 Å². The van der Waals surface area contributed by atoms with E-state index in [-0.39, 0.29) is 0 Å². The molecule has 0 fully saturated rings. The van der Waals surface area contributed by atoms with Crippen LogP contribution < -0.4 is 0 Å². The zero-order valence-electron chi connectivity index (χ0n) is 8.41. The van der Waals surface area contributed by atoms with Gasteiger partial charge in [-0.05, 0) is 19.1 Å². The molecule has 0 N–H and O–H groups in total. The molecule has 0 atom stereocenters. The minimum absolute atomic E-state index is 0.670. The average molecular weight is 273 g/mol. The Bertz CT molecular complexity index is 453. The molecular formula is C10H6ClF5O. The minimum atomic E-state index is -5.03. The summed E-state index contributed by atoms with van der Waals surface area (Å²) >= 11 is 5.27. The summed E-state index contributed by atoms with van der Waals surface area (Å²) in [4.78, 5) is 11.0. The summed E-state index contributed by atoms with van der Waals surface area (Å²) in [6.45, 7) is 0.912. The number of benzene rings is 1. The van der Waals surface area contributed by atoms with Gasteiger partial charge in [-0.1, -0.05) is 11.6 Å². The van der Waals surface area contributed by atoms with E-state index in [1.807, 2.05) is 0 Å². The highest BCUT2D eigenvalue weighted by atomic mass is 35.5. The second kappa shape index (κ2) is 4.60. The van der Waals surface area contributed by atoms with Crippen molar-refractivity contribution in [1.82, 2.24) is 0 Å². The van der Waals surface area contributed by atoms with Gasteiger partial charge in [-0.25, -0.2) is 8.78 Å². The number of hydrogen-bond acceptors (Lipinski definition) is 1. The lowest BCUT2D eigenvalue weighted by atomic mass is 9.98. The topological polar surface area (TPSA) is 17.1 Å². The van der Waals surface area contributed by atoms with Crippen LogP contribution in [0.3, 0.4) is 0 Å². The first-order valence-corrected chi connectivity index (χ1v) is 4.72. The van der Waals surface area contributed by atoms with Crippen molar-refractivity contribution < 1.29 is 26.7 Å². The van der Waals surface area contributed by atoms with E-state index in [9.17, 15) is 26.7 Å². The number of rotatable bonds is 2. The normalized spacial score (nSPS) is 12.0. The van der Waals surface area contributed by atoms with Crippen molar-refractivity contribution in [3.8, 4) is 0 Å². The van der Waals surface area contributed by atoms with Gasteiger partial charge in [0.05, 0.1) is 10.6 Å². The summed E-state index contributed by atoms with van der Waals surface area (Å²) in [5.41, 5.74) is -3.68. The van der Waals surface area contributed by atoms with Crippen LogP contribution in [0.4, 0.5) is 22.0 Å². The maximum atomic E-state index is 12.6. The maximum Gasteiger partial charge on any atom is 0.418 e. The summed E-state index contributed by atoms with van der Waals surface area (Å²) in [5.74, 6) is -0.873. The second-order valence-corrected chi connectivity index (χ2v) is 3.65. The fourth-order valence-electron chi connectivity index (χ4n) is 1.41. The second-order valence-electron chi connectivity index (χ2n) is 3.24. The van der Waals surface area contributed by atoms with Crippen LogP contribution in [-0.4, -0.2) is 5.78 Å². The molecule has 7 heteroatoms. The van der Waals surface area contributed by atoms with Crippen LogP contribution >= 0.6 is 11.6 Å². The fraction of sp³-hybridized carbons (Fsp3) is 0.300. The number of hydrogen-bond donors (Lipinski definition) is 0. The molecule has 0 saturated carbocycles. The molecule has 0 aromatic heterocycles. The molecule has 0 saturated heterocycles. The highest BCUT2D eigenvalue weighted by Gasteiger charge is 2.40. The van der Waals surface area contributed by atoms with Crippen LogP contribution in [0, 0.1) is 0 Å². The number of carbonyl (C=O) groups excluding carboxylic acids is 1. The Balaban J connectivity index is 3.67. The van der Waals surface area contributed by atoms with Gasteiger partial charge in [-0.3, -0.25) is 4.79 Å². The number of carbonyl (C=O) groups is 1. The van der Waals surface area contributed by atoms with Crippen molar-refractivity contribution in [2.24, 2.45) is 0 Å². The van der Waals surface area contributed by atoms with Gasteiger partial charge < -0.3 is 0 Å². The highest BCUT2D eigenvalue weighted by molar-refractivity contribution is 6.31.